The van der Waals surface area contributed by atoms with Gasteiger partial charge in [-0.2, -0.15) is 0 Å². The molecule has 2 rings (SSSR count). The van der Waals surface area contributed by atoms with Crippen LogP contribution in [-0.2, 0) is 0 Å². The van der Waals surface area contributed by atoms with Crippen molar-refractivity contribution in [3.8, 4) is 0 Å². The summed E-state index contributed by atoms with van der Waals surface area (Å²) in [5, 5.41) is 3.38. The third-order valence-electron chi connectivity index (χ3n) is 2.74. The molecule has 0 saturated carbocycles. The zero-order chi connectivity index (χ0) is 6.86. The Morgan fingerprint density at radius 3 is 2.60 bits per heavy atom. The van der Waals surface area contributed by atoms with E-state index in [2.05, 4.69) is 17.5 Å². The van der Waals surface area contributed by atoms with Crippen LogP contribution in [0, 0.1) is 11.5 Å². The Kier molecular flexibility index (Phi) is 1.53. The monoisotopic (exact) mass is 136 g/mol. The molecule has 1 aliphatic heterocycles. The zero-order valence-electron chi connectivity index (χ0n) is 6.32. The van der Waals surface area contributed by atoms with E-state index in [0.29, 0.717) is 5.41 Å². The standard InChI is InChI=1S/C9H14N/c1-2-4-9(3-1)5-7-10-8-6-9/h1,10H,2,4-8H2. The van der Waals surface area contributed by atoms with E-state index in [-0.39, 0.29) is 0 Å². The minimum Gasteiger partial charge on any atom is -0.317 e. The number of hydrogen-bond donors (Lipinski definition) is 1. The fourth-order valence-corrected chi connectivity index (χ4v) is 2.01. The van der Waals surface area contributed by atoms with Crippen LogP contribution in [0.2, 0.25) is 0 Å². The number of rotatable bonds is 0. The van der Waals surface area contributed by atoms with Crippen LogP contribution in [0.25, 0.3) is 0 Å². The molecule has 0 unspecified atom stereocenters. The molecule has 0 aromatic carbocycles. The lowest BCUT2D eigenvalue weighted by molar-refractivity contribution is 0.259. The van der Waals surface area contributed by atoms with Crippen molar-refractivity contribution >= 4 is 0 Å². The van der Waals surface area contributed by atoms with Gasteiger partial charge in [0.15, 0.2) is 0 Å². The van der Waals surface area contributed by atoms with Crippen LogP contribution in [0.15, 0.2) is 6.08 Å². The Labute approximate surface area is 62.5 Å². The molecule has 1 saturated heterocycles. The summed E-state index contributed by atoms with van der Waals surface area (Å²) < 4.78 is 0. The summed E-state index contributed by atoms with van der Waals surface area (Å²) in [5.74, 6) is 0. The van der Waals surface area contributed by atoms with Gasteiger partial charge in [0.1, 0.15) is 0 Å². The van der Waals surface area contributed by atoms with Crippen LogP contribution in [-0.4, -0.2) is 13.1 Å². The highest BCUT2D eigenvalue weighted by Crippen LogP contribution is 2.38. The van der Waals surface area contributed by atoms with E-state index in [0.717, 1.165) is 0 Å². The van der Waals surface area contributed by atoms with Gasteiger partial charge < -0.3 is 5.32 Å². The van der Waals surface area contributed by atoms with Gasteiger partial charge in [-0.25, -0.2) is 0 Å². The van der Waals surface area contributed by atoms with Crippen LogP contribution < -0.4 is 5.32 Å². The minimum atomic E-state index is 0.505. The first-order valence-corrected chi connectivity index (χ1v) is 4.21. The predicted octanol–water partition coefficient (Wildman–Crippen LogP) is 1.51. The van der Waals surface area contributed by atoms with Gasteiger partial charge >= 0.3 is 0 Å². The van der Waals surface area contributed by atoms with Gasteiger partial charge in [0, 0.05) is 0 Å². The quantitative estimate of drug-likeness (QED) is 0.532. The molecular weight excluding hydrogens is 122 g/mol. The van der Waals surface area contributed by atoms with Gasteiger partial charge in [-0.1, -0.05) is 6.08 Å². The van der Waals surface area contributed by atoms with Crippen molar-refractivity contribution in [2.24, 2.45) is 5.41 Å². The second-order valence-corrected chi connectivity index (χ2v) is 3.42. The Morgan fingerprint density at radius 2 is 2.00 bits per heavy atom. The third kappa shape index (κ3) is 0.988. The fourth-order valence-electron chi connectivity index (χ4n) is 2.01. The molecule has 1 fully saturated rings. The second-order valence-electron chi connectivity index (χ2n) is 3.42. The SMILES string of the molecule is [C]1=CCCC12CCNCC2. The number of nitrogens with one attached hydrogen (secondary N) is 1. The fraction of sp³-hybridized carbons (Fsp3) is 0.778. The van der Waals surface area contributed by atoms with Crippen LogP contribution in [0.3, 0.4) is 0 Å². The first kappa shape index (κ1) is 6.41. The maximum absolute atomic E-state index is 3.51. The number of hydrogen-bond acceptors (Lipinski definition) is 1. The number of allylic oxidation sites excluding steroid dienone is 2. The van der Waals surface area contributed by atoms with Gasteiger partial charge in [0.05, 0.1) is 0 Å². The van der Waals surface area contributed by atoms with Gasteiger partial charge in [-0.3, -0.25) is 0 Å². The van der Waals surface area contributed by atoms with Crippen molar-refractivity contribution in [1.29, 1.82) is 0 Å². The van der Waals surface area contributed by atoms with Crippen molar-refractivity contribution in [2.75, 3.05) is 13.1 Å². The molecule has 0 aromatic heterocycles. The molecule has 1 nitrogen and oxygen atoms in total. The topological polar surface area (TPSA) is 12.0 Å². The molecule has 1 radical (unpaired) electrons. The molecule has 0 bridgehead atoms. The lowest BCUT2D eigenvalue weighted by atomic mass is 9.79. The van der Waals surface area contributed by atoms with Gasteiger partial charge in [0.25, 0.3) is 0 Å². The summed E-state index contributed by atoms with van der Waals surface area (Å²) >= 11 is 0. The van der Waals surface area contributed by atoms with Crippen molar-refractivity contribution in [3.63, 3.8) is 0 Å². The van der Waals surface area contributed by atoms with Crippen LogP contribution in [0.5, 0.6) is 0 Å². The van der Waals surface area contributed by atoms with E-state index >= 15 is 0 Å². The van der Waals surface area contributed by atoms with E-state index in [9.17, 15) is 0 Å². The van der Waals surface area contributed by atoms with Crippen LogP contribution >= 0.6 is 0 Å². The summed E-state index contributed by atoms with van der Waals surface area (Å²) in [6.07, 6.45) is 11.0. The Balaban J connectivity index is 2.05. The van der Waals surface area contributed by atoms with E-state index in [1.165, 1.54) is 38.8 Å². The molecule has 1 aliphatic carbocycles. The van der Waals surface area contributed by atoms with Gasteiger partial charge in [0.2, 0.25) is 0 Å². The molecule has 0 amide bonds. The number of piperidine rings is 1. The lowest BCUT2D eigenvalue weighted by Gasteiger charge is -2.31. The second kappa shape index (κ2) is 2.39. The van der Waals surface area contributed by atoms with Crippen LogP contribution in [0.1, 0.15) is 25.7 Å². The molecule has 1 heteroatoms. The van der Waals surface area contributed by atoms with Crippen molar-refractivity contribution in [2.45, 2.75) is 25.7 Å². The highest BCUT2D eigenvalue weighted by molar-refractivity contribution is 5.02. The van der Waals surface area contributed by atoms with Crippen molar-refractivity contribution < 1.29 is 0 Å². The summed E-state index contributed by atoms with van der Waals surface area (Å²) in [7, 11) is 0. The molecule has 0 aromatic rings. The largest absolute Gasteiger partial charge is 0.317 e. The zero-order valence-corrected chi connectivity index (χ0v) is 6.32. The molecule has 0 atom stereocenters. The molecular formula is C9H14N. The third-order valence-corrected chi connectivity index (χ3v) is 2.74. The smallest absolute Gasteiger partial charge is 0.00203 e. The van der Waals surface area contributed by atoms with E-state index < -0.39 is 0 Å². The Hall–Kier alpha value is -0.300. The average molecular weight is 136 g/mol. The first-order chi connectivity index (χ1) is 4.91. The average Bonchev–Trinajstić information content (AvgIpc) is 2.39. The van der Waals surface area contributed by atoms with E-state index in [1.807, 2.05) is 0 Å². The molecule has 55 valence electrons. The molecule has 2 aliphatic rings. The molecule has 10 heavy (non-hydrogen) atoms. The Bertz CT molecular complexity index is 143. The van der Waals surface area contributed by atoms with Gasteiger partial charge in [-0.05, 0) is 50.3 Å². The minimum absolute atomic E-state index is 0.505. The Morgan fingerprint density at radius 1 is 1.20 bits per heavy atom. The maximum Gasteiger partial charge on any atom is -0.00203 e. The molecule has 1 heterocycles. The maximum atomic E-state index is 3.51. The normalized spacial score (nSPS) is 29.6. The van der Waals surface area contributed by atoms with Crippen molar-refractivity contribution in [3.05, 3.63) is 12.2 Å². The van der Waals surface area contributed by atoms with E-state index in [1.54, 1.807) is 0 Å². The molecule has 1 N–H and O–H groups in total. The predicted molar refractivity (Wildman–Crippen MR) is 41.6 cm³/mol. The molecule has 1 spiro atoms. The van der Waals surface area contributed by atoms with Gasteiger partial charge in [-0.15, -0.1) is 0 Å². The van der Waals surface area contributed by atoms with Crippen molar-refractivity contribution in [1.82, 2.24) is 5.32 Å². The summed E-state index contributed by atoms with van der Waals surface area (Å²) in [6.45, 7) is 2.39. The highest BCUT2D eigenvalue weighted by Gasteiger charge is 2.31. The summed E-state index contributed by atoms with van der Waals surface area (Å²) in [5.41, 5.74) is 0.505. The highest BCUT2D eigenvalue weighted by atomic mass is 14.9. The van der Waals surface area contributed by atoms with E-state index in [4.69, 9.17) is 0 Å². The first-order valence-electron chi connectivity index (χ1n) is 4.21. The van der Waals surface area contributed by atoms with Crippen LogP contribution in [0.4, 0.5) is 0 Å². The summed E-state index contributed by atoms with van der Waals surface area (Å²) in [6, 6.07) is 0. The lowest BCUT2D eigenvalue weighted by Crippen LogP contribution is -2.34. The summed E-state index contributed by atoms with van der Waals surface area (Å²) in [4.78, 5) is 0.